The van der Waals surface area contributed by atoms with Crippen molar-refractivity contribution in [2.24, 2.45) is 0 Å². The van der Waals surface area contributed by atoms with E-state index in [-0.39, 0.29) is 23.3 Å². The molecule has 10 heteroatoms. The summed E-state index contributed by atoms with van der Waals surface area (Å²) in [4.78, 5) is 31.2. The van der Waals surface area contributed by atoms with Crippen LogP contribution in [0, 0.1) is 10.9 Å². The van der Waals surface area contributed by atoms with Gasteiger partial charge in [-0.25, -0.2) is 4.98 Å². The van der Waals surface area contributed by atoms with Gasteiger partial charge in [0.1, 0.15) is 4.70 Å². The first kappa shape index (κ1) is 23.9. The second-order valence-electron chi connectivity index (χ2n) is 8.24. The number of thiazole rings is 1. The number of thioether (sulfide) groups is 1. The lowest BCUT2D eigenvalue weighted by atomic mass is 10.2. The molecule has 2 aromatic carbocycles. The summed E-state index contributed by atoms with van der Waals surface area (Å²) in [7, 11) is 0. The molecule has 5 rings (SSSR count). The number of carbonyl (C=O) groups excluding carboxylic acids is 1. The summed E-state index contributed by atoms with van der Waals surface area (Å²) >= 11 is 8.15. The van der Waals surface area contributed by atoms with E-state index in [4.69, 9.17) is 21.9 Å². The van der Waals surface area contributed by atoms with Crippen LogP contribution < -0.4 is 10.9 Å². The van der Waals surface area contributed by atoms with Crippen molar-refractivity contribution in [2.45, 2.75) is 31.0 Å². The van der Waals surface area contributed by atoms with E-state index in [0.29, 0.717) is 31.7 Å². The summed E-state index contributed by atoms with van der Waals surface area (Å²) in [5.41, 5.74) is 2.91. The number of aryl methyl sites for hydroxylation is 1. The van der Waals surface area contributed by atoms with Crippen LogP contribution in [0.1, 0.15) is 18.4 Å². The van der Waals surface area contributed by atoms with Crippen molar-refractivity contribution in [2.75, 3.05) is 18.9 Å². The number of rotatable bonds is 7. The summed E-state index contributed by atoms with van der Waals surface area (Å²) < 4.78 is 10.0. The van der Waals surface area contributed by atoms with Crippen LogP contribution in [0.5, 0.6) is 0 Å². The quantitative estimate of drug-likeness (QED) is 0.215. The third-order valence-corrected chi connectivity index (χ3v) is 8.12. The molecule has 1 saturated heterocycles. The molecule has 1 N–H and O–H groups in total. The van der Waals surface area contributed by atoms with Gasteiger partial charge in [-0.1, -0.05) is 59.5 Å². The Bertz CT molecular complexity index is 1490. The maximum Gasteiger partial charge on any atom is 0.278 e. The molecule has 0 bridgehead atoms. The van der Waals surface area contributed by atoms with Gasteiger partial charge >= 0.3 is 0 Å². The zero-order chi connectivity index (χ0) is 24.4. The molecular formula is C25H24N4O3S3. The molecule has 0 unspecified atom stereocenters. The number of nitrogens with one attached hydrogen (secondary N) is 1. The molecule has 4 aromatic rings. The van der Waals surface area contributed by atoms with E-state index in [1.54, 1.807) is 4.57 Å². The number of hydrogen-bond acceptors (Lipinski definition) is 7. The fraction of sp³-hybridized carbons (Fsp3) is 0.280. The van der Waals surface area contributed by atoms with Crippen LogP contribution in [0.3, 0.4) is 0 Å². The highest BCUT2D eigenvalue weighted by Crippen LogP contribution is 2.28. The zero-order valence-corrected chi connectivity index (χ0v) is 21.5. The average molecular weight is 525 g/mol. The van der Waals surface area contributed by atoms with Crippen molar-refractivity contribution in [1.29, 1.82) is 0 Å². The van der Waals surface area contributed by atoms with E-state index in [9.17, 15) is 9.59 Å². The molecule has 3 heterocycles. The highest BCUT2D eigenvalue weighted by molar-refractivity contribution is 7.99. The van der Waals surface area contributed by atoms with E-state index in [0.717, 1.165) is 30.7 Å². The minimum absolute atomic E-state index is 0.0743. The number of para-hydroxylation sites is 2. The van der Waals surface area contributed by atoms with E-state index in [1.165, 1.54) is 23.1 Å². The lowest BCUT2D eigenvalue weighted by molar-refractivity contribution is -0.119. The van der Waals surface area contributed by atoms with E-state index in [1.807, 2.05) is 66.1 Å². The number of ether oxygens (including phenoxy) is 1. The van der Waals surface area contributed by atoms with Crippen molar-refractivity contribution in [1.82, 2.24) is 19.4 Å². The number of fused-ring (bicyclic) bond motifs is 1. The van der Waals surface area contributed by atoms with Crippen molar-refractivity contribution < 1.29 is 9.53 Å². The fourth-order valence-electron chi connectivity index (χ4n) is 4.08. The number of carbonyl (C=O) groups is 1. The first-order valence-corrected chi connectivity index (χ1v) is 13.5. The Balaban J connectivity index is 1.55. The van der Waals surface area contributed by atoms with Crippen LogP contribution in [-0.4, -0.2) is 45.0 Å². The second kappa shape index (κ2) is 10.4. The van der Waals surface area contributed by atoms with Gasteiger partial charge in [0.05, 0.1) is 23.2 Å². The molecule has 180 valence electrons. The van der Waals surface area contributed by atoms with Crippen LogP contribution in [0.15, 0.2) is 64.5 Å². The molecule has 0 aliphatic carbocycles. The number of amides is 1. The molecule has 2 aromatic heterocycles. The van der Waals surface area contributed by atoms with Crippen molar-refractivity contribution in [3.63, 3.8) is 0 Å². The van der Waals surface area contributed by atoms with Gasteiger partial charge < -0.3 is 10.1 Å². The predicted octanol–water partition coefficient (Wildman–Crippen LogP) is 4.66. The van der Waals surface area contributed by atoms with Crippen molar-refractivity contribution in [3.05, 3.63) is 74.5 Å². The Labute approximate surface area is 215 Å². The van der Waals surface area contributed by atoms with Crippen LogP contribution in [0.4, 0.5) is 0 Å². The topological polar surface area (TPSA) is 78.2 Å². The van der Waals surface area contributed by atoms with Crippen LogP contribution in [-0.2, 0) is 9.53 Å². The summed E-state index contributed by atoms with van der Waals surface area (Å²) in [6.45, 7) is 3.24. The predicted molar refractivity (Wildman–Crippen MR) is 143 cm³/mol. The molecule has 1 atom stereocenters. The molecule has 1 amide bonds. The van der Waals surface area contributed by atoms with Gasteiger partial charge in [-0.05, 0) is 55.7 Å². The SMILES string of the molecule is Cc1ccccc1-n1c(=S)sc2c(=O)n(-c3ccccc3)c(SCC(=O)NC[C@H]3CCCO3)nc21. The number of aromatic nitrogens is 3. The second-order valence-corrected chi connectivity index (χ2v) is 10.8. The maximum absolute atomic E-state index is 13.7. The van der Waals surface area contributed by atoms with E-state index >= 15 is 0 Å². The Morgan fingerprint density at radius 2 is 1.97 bits per heavy atom. The largest absolute Gasteiger partial charge is 0.376 e. The van der Waals surface area contributed by atoms with Crippen LogP contribution >= 0.6 is 35.3 Å². The summed E-state index contributed by atoms with van der Waals surface area (Å²) in [5.74, 6) is 0.00716. The smallest absolute Gasteiger partial charge is 0.278 e. The van der Waals surface area contributed by atoms with Crippen molar-refractivity contribution >= 4 is 51.6 Å². The molecule has 0 radical (unpaired) electrons. The molecule has 1 aliphatic rings. The Kier molecular flexibility index (Phi) is 7.14. The molecule has 1 fully saturated rings. The van der Waals surface area contributed by atoms with Gasteiger partial charge in [0.2, 0.25) is 5.91 Å². The Morgan fingerprint density at radius 3 is 2.71 bits per heavy atom. The van der Waals surface area contributed by atoms with Crippen LogP contribution in [0.25, 0.3) is 21.7 Å². The third kappa shape index (κ3) is 4.97. The molecule has 1 aliphatic heterocycles. The summed E-state index contributed by atoms with van der Waals surface area (Å²) in [6, 6.07) is 17.2. The van der Waals surface area contributed by atoms with Crippen LogP contribution in [0.2, 0.25) is 0 Å². The van der Waals surface area contributed by atoms with Gasteiger partial charge in [0.25, 0.3) is 5.56 Å². The van der Waals surface area contributed by atoms with E-state index < -0.39 is 0 Å². The molecule has 0 saturated carbocycles. The number of benzene rings is 2. The van der Waals surface area contributed by atoms with Gasteiger partial charge in [-0.15, -0.1) is 0 Å². The first-order valence-electron chi connectivity index (χ1n) is 11.3. The van der Waals surface area contributed by atoms with Gasteiger partial charge in [0, 0.05) is 13.2 Å². The van der Waals surface area contributed by atoms with Crippen molar-refractivity contribution in [3.8, 4) is 11.4 Å². The highest BCUT2D eigenvalue weighted by atomic mass is 32.2. The monoisotopic (exact) mass is 524 g/mol. The molecule has 0 spiro atoms. The van der Waals surface area contributed by atoms with Gasteiger partial charge in [-0.2, -0.15) is 0 Å². The Hall–Kier alpha value is -2.79. The maximum atomic E-state index is 13.7. The number of nitrogens with zero attached hydrogens (tertiary/aromatic N) is 3. The first-order chi connectivity index (χ1) is 17.0. The summed E-state index contributed by atoms with van der Waals surface area (Å²) in [5, 5.41) is 3.38. The fourth-order valence-corrected chi connectivity index (χ4v) is 6.20. The highest BCUT2D eigenvalue weighted by Gasteiger charge is 2.21. The Morgan fingerprint density at radius 1 is 1.20 bits per heavy atom. The molecule has 35 heavy (non-hydrogen) atoms. The zero-order valence-electron chi connectivity index (χ0n) is 19.1. The minimum atomic E-state index is -0.202. The third-order valence-electron chi connectivity index (χ3n) is 5.83. The molecular weight excluding hydrogens is 501 g/mol. The lowest BCUT2D eigenvalue weighted by Gasteiger charge is -2.14. The van der Waals surface area contributed by atoms with E-state index in [2.05, 4.69) is 5.32 Å². The van der Waals surface area contributed by atoms with Gasteiger partial charge in [0.15, 0.2) is 14.8 Å². The standard InChI is InChI=1S/C25H24N4O3S3/c1-16-8-5-6-12-19(16)29-22-21(35-25(29)33)23(31)28(17-9-3-2-4-10-17)24(27-22)34-15-20(30)26-14-18-11-7-13-32-18/h2-6,8-10,12,18H,7,11,13-15H2,1H3,(H,26,30)/t18-/m1/s1. The number of hydrogen-bond donors (Lipinski definition) is 1. The summed E-state index contributed by atoms with van der Waals surface area (Å²) in [6.07, 6.45) is 2.06. The molecule has 7 nitrogen and oxygen atoms in total. The van der Waals surface area contributed by atoms with Gasteiger partial charge in [-0.3, -0.25) is 18.7 Å². The lowest BCUT2D eigenvalue weighted by Crippen LogP contribution is -2.33. The minimum Gasteiger partial charge on any atom is -0.376 e. The normalized spacial score (nSPS) is 15.5. The average Bonchev–Trinajstić information content (AvgIpc) is 3.50.